The Hall–Kier alpha value is -2.76. The summed E-state index contributed by atoms with van der Waals surface area (Å²) in [5.41, 5.74) is 1.22. The van der Waals surface area contributed by atoms with E-state index in [9.17, 15) is 4.79 Å². The lowest BCUT2D eigenvalue weighted by Crippen LogP contribution is -2.29. The summed E-state index contributed by atoms with van der Waals surface area (Å²) < 4.78 is 11.1. The van der Waals surface area contributed by atoms with E-state index >= 15 is 0 Å². The molecule has 0 radical (unpaired) electrons. The summed E-state index contributed by atoms with van der Waals surface area (Å²) in [6.07, 6.45) is 6.62. The van der Waals surface area contributed by atoms with Crippen molar-refractivity contribution in [2.45, 2.75) is 19.4 Å². The number of allylic oxidation sites excluding steroid dienone is 2. The Labute approximate surface area is 152 Å². The molecular formula is C20H23N3O3. The lowest BCUT2D eigenvalue weighted by Gasteiger charge is -2.17. The molecule has 1 fully saturated rings. The Kier molecular flexibility index (Phi) is 4.65. The number of amides is 1. The molecule has 26 heavy (non-hydrogen) atoms. The number of rotatable bonds is 5. The molecule has 0 unspecified atom stereocenters. The number of fused-ring (bicyclic) bond motifs is 1. The van der Waals surface area contributed by atoms with E-state index in [1.54, 1.807) is 13.2 Å². The number of ether oxygens (including phenoxy) is 2. The SMILES string of the molecule is COc1ccccc1OCc1cc(C(=O)N2C[C@H]3CC=CC[C@H]3C2)n[nH]1. The van der Waals surface area contributed by atoms with E-state index in [2.05, 4.69) is 22.3 Å². The zero-order chi connectivity index (χ0) is 17.9. The summed E-state index contributed by atoms with van der Waals surface area (Å²) in [5.74, 6) is 2.52. The second kappa shape index (κ2) is 7.23. The van der Waals surface area contributed by atoms with Gasteiger partial charge in [-0.25, -0.2) is 0 Å². The van der Waals surface area contributed by atoms with Gasteiger partial charge in [-0.1, -0.05) is 24.3 Å². The van der Waals surface area contributed by atoms with Crippen LogP contribution in [0.5, 0.6) is 11.5 Å². The highest BCUT2D eigenvalue weighted by molar-refractivity contribution is 5.92. The van der Waals surface area contributed by atoms with Gasteiger partial charge in [0.1, 0.15) is 6.61 Å². The van der Waals surface area contributed by atoms with Crippen molar-refractivity contribution in [1.29, 1.82) is 0 Å². The highest BCUT2D eigenvalue weighted by Gasteiger charge is 2.36. The van der Waals surface area contributed by atoms with Crippen LogP contribution in [-0.2, 0) is 6.61 Å². The van der Waals surface area contributed by atoms with E-state index in [1.807, 2.05) is 29.2 Å². The first kappa shape index (κ1) is 16.7. The third-order valence-electron chi connectivity index (χ3n) is 5.21. The maximum Gasteiger partial charge on any atom is 0.274 e. The normalized spacial score (nSPS) is 21.5. The number of hydrogen-bond donors (Lipinski definition) is 1. The number of carbonyl (C=O) groups excluding carboxylic acids is 1. The number of nitrogens with zero attached hydrogens (tertiary/aromatic N) is 2. The first-order valence-electron chi connectivity index (χ1n) is 8.99. The van der Waals surface area contributed by atoms with Gasteiger partial charge >= 0.3 is 0 Å². The lowest BCUT2D eigenvalue weighted by atomic mass is 9.86. The molecule has 0 saturated carbocycles. The Balaban J connectivity index is 1.38. The fourth-order valence-electron chi connectivity index (χ4n) is 3.78. The molecule has 1 aliphatic heterocycles. The quantitative estimate of drug-likeness (QED) is 0.839. The highest BCUT2D eigenvalue weighted by atomic mass is 16.5. The Morgan fingerprint density at radius 1 is 1.19 bits per heavy atom. The van der Waals surface area contributed by atoms with Crippen molar-refractivity contribution < 1.29 is 14.3 Å². The van der Waals surface area contributed by atoms with Crippen molar-refractivity contribution in [1.82, 2.24) is 15.1 Å². The molecule has 2 aromatic rings. The number of hydrogen-bond acceptors (Lipinski definition) is 4. The Morgan fingerprint density at radius 2 is 1.88 bits per heavy atom. The van der Waals surface area contributed by atoms with E-state index < -0.39 is 0 Å². The van der Waals surface area contributed by atoms with E-state index in [-0.39, 0.29) is 5.91 Å². The van der Waals surface area contributed by atoms with E-state index in [0.29, 0.717) is 35.6 Å². The van der Waals surface area contributed by atoms with Crippen molar-refractivity contribution >= 4 is 5.91 Å². The van der Waals surface area contributed by atoms with Gasteiger partial charge in [0.15, 0.2) is 17.2 Å². The minimum atomic E-state index is -0.000748. The molecule has 6 heteroatoms. The van der Waals surface area contributed by atoms with Gasteiger partial charge in [0.05, 0.1) is 12.8 Å². The largest absolute Gasteiger partial charge is 0.493 e. The molecule has 136 valence electrons. The molecule has 2 atom stereocenters. The highest BCUT2D eigenvalue weighted by Crippen LogP contribution is 2.33. The van der Waals surface area contributed by atoms with Crippen molar-refractivity contribution in [2.24, 2.45) is 11.8 Å². The predicted octanol–water partition coefficient (Wildman–Crippen LogP) is 3.04. The Bertz CT molecular complexity index is 798. The van der Waals surface area contributed by atoms with E-state index in [4.69, 9.17) is 9.47 Å². The van der Waals surface area contributed by atoms with Crippen LogP contribution in [0.4, 0.5) is 0 Å². The second-order valence-electron chi connectivity index (χ2n) is 6.89. The van der Waals surface area contributed by atoms with Crippen molar-refractivity contribution in [2.75, 3.05) is 20.2 Å². The molecule has 4 rings (SSSR count). The van der Waals surface area contributed by atoms with Gasteiger partial charge in [-0.05, 0) is 42.9 Å². The van der Waals surface area contributed by atoms with Crippen LogP contribution in [0.25, 0.3) is 0 Å². The van der Waals surface area contributed by atoms with Crippen LogP contribution in [0.1, 0.15) is 29.0 Å². The second-order valence-corrected chi connectivity index (χ2v) is 6.89. The van der Waals surface area contributed by atoms with Gasteiger partial charge in [-0.2, -0.15) is 5.10 Å². The van der Waals surface area contributed by atoms with Crippen LogP contribution in [0.15, 0.2) is 42.5 Å². The standard InChI is InChI=1S/C20H23N3O3/c1-25-18-8-4-5-9-19(18)26-13-16-10-17(22-21-16)20(24)23-11-14-6-2-3-7-15(14)12-23/h2-5,8-10,14-15H,6-7,11-13H2,1H3,(H,21,22)/t14-,15+. The third-order valence-corrected chi connectivity index (χ3v) is 5.21. The number of H-pyrrole nitrogens is 1. The topological polar surface area (TPSA) is 67.5 Å². The molecule has 6 nitrogen and oxygen atoms in total. The molecule has 2 aliphatic rings. The number of likely N-dealkylation sites (tertiary alicyclic amines) is 1. The number of methoxy groups -OCH3 is 1. The first-order chi connectivity index (χ1) is 12.7. The number of benzene rings is 1. The zero-order valence-corrected chi connectivity index (χ0v) is 14.9. The summed E-state index contributed by atoms with van der Waals surface area (Å²) in [6, 6.07) is 9.25. The number of para-hydroxylation sites is 2. The van der Waals surface area contributed by atoms with Crippen molar-refractivity contribution in [3.8, 4) is 11.5 Å². The number of aromatic amines is 1. The van der Waals surface area contributed by atoms with Gasteiger partial charge in [0.2, 0.25) is 0 Å². The van der Waals surface area contributed by atoms with E-state index in [0.717, 1.165) is 31.6 Å². The van der Waals surface area contributed by atoms with Crippen LogP contribution < -0.4 is 9.47 Å². The molecule has 1 aromatic carbocycles. The first-order valence-corrected chi connectivity index (χ1v) is 8.99. The molecule has 1 aliphatic carbocycles. The summed E-state index contributed by atoms with van der Waals surface area (Å²) in [4.78, 5) is 14.7. The molecule has 2 heterocycles. The van der Waals surface area contributed by atoms with E-state index in [1.165, 1.54) is 0 Å². The minimum Gasteiger partial charge on any atom is -0.493 e. The lowest BCUT2D eigenvalue weighted by molar-refractivity contribution is 0.0778. The fourth-order valence-corrected chi connectivity index (χ4v) is 3.78. The monoisotopic (exact) mass is 353 g/mol. The van der Waals surface area contributed by atoms with Gasteiger partial charge < -0.3 is 14.4 Å². The summed E-state index contributed by atoms with van der Waals surface area (Å²) in [6.45, 7) is 1.96. The summed E-state index contributed by atoms with van der Waals surface area (Å²) >= 11 is 0. The molecule has 1 aromatic heterocycles. The third kappa shape index (κ3) is 3.31. The number of aromatic nitrogens is 2. The molecule has 0 spiro atoms. The molecular weight excluding hydrogens is 330 g/mol. The maximum absolute atomic E-state index is 12.7. The van der Waals surface area contributed by atoms with Crippen LogP contribution in [0, 0.1) is 11.8 Å². The Morgan fingerprint density at radius 3 is 2.58 bits per heavy atom. The molecule has 0 bridgehead atoms. The fraction of sp³-hybridized carbons (Fsp3) is 0.400. The van der Waals surface area contributed by atoms with Crippen LogP contribution in [0.2, 0.25) is 0 Å². The number of nitrogens with one attached hydrogen (secondary N) is 1. The maximum atomic E-state index is 12.7. The summed E-state index contributed by atoms with van der Waals surface area (Å²) in [7, 11) is 1.61. The van der Waals surface area contributed by atoms with Crippen LogP contribution >= 0.6 is 0 Å². The van der Waals surface area contributed by atoms with Gasteiger partial charge in [0.25, 0.3) is 5.91 Å². The minimum absolute atomic E-state index is 0.000748. The smallest absolute Gasteiger partial charge is 0.274 e. The van der Waals surface area contributed by atoms with Gasteiger partial charge in [0, 0.05) is 13.1 Å². The predicted molar refractivity (Wildman–Crippen MR) is 97.2 cm³/mol. The molecule has 1 N–H and O–H groups in total. The van der Waals surface area contributed by atoms with Crippen LogP contribution in [0.3, 0.4) is 0 Å². The van der Waals surface area contributed by atoms with Crippen molar-refractivity contribution in [3.63, 3.8) is 0 Å². The molecule has 1 amide bonds. The van der Waals surface area contributed by atoms with Crippen molar-refractivity contribution in [3.05, 3.63) is 53.9 Å². The van der Waals surface area contributed by atoms with Gasteiger partial charge in [-0.15, -0.1) is 0 Å². The average Bonchev–Trinajstić information content (AvgIpc) is 3.33. The van der Waals surface area contributed by atoms with Gasteiger partial charge in [-0.3, -0.25) is 9.89 Å². The summed E-state index contributed by atoms with van der Waals surface area (Å²) in [5, 5.41) is 7.09. The number of carbonyl (C=O) groups is 1. The average molecular weight is 353 g/mol. The van der Waals surface area contributed by atoms with Crippen LogP contribution in [-0.4, -0.2) is 41.2 Å². The molecule has 1 saturated heterocycles. The zero-order valence-electron chi connectivity index (χ0n) is 14.9.